The van der Waals surface area contributed by atoms with Gasteiger partial charge in [0, 0.05) is 11.3 Å². The first-order valence-corrected chi connectivity index (χ1v) is 11.1. The molecule has 0 N–H and O–H groups in total. The fourth-order valence-corrected chi connectivity index (χ4v) is 11.7. The third-order valence-electron chi connectivity index (χ3n) is 11.6. The molecule has 0 aliphatic heterocycles. The van der Waals surface area contributed by atoms with E-state index in [1.807, 2.05) is 0 Å². The number of ether oxygens (including phenoxy) is 1. The van der Waals surface area contributed by atoms with Gasteiger partial charge in [-0.05, 0) is 91.8 Å². The summed E-state index contributed by atoms with van der Waals surface area (Å²) in [5.41, 5.74) is -0.349. The van der Waals surface area contributed by atoms with Crippen LogP contribution in [-0.2, 0) is 14.3 Å². The van der Waals surface area contributed by atoms with E-state index >= 15 is 0 Å². The first-order valence-electron chi connectivity index (χ1n) is 11.1. The van der Waals surface area contributed by atoms with Crippen molar-refractivity contribution in [2.45, 2.75) is 46.0 Å². The van der Waals surface area contributed by atoms with Crippen molar-refractivity contribution in [3.63, 3.8) is 0 Å². The van der Waals surface area contributed by atoms with E-state index in [-0.39, 0.29) is 16.8 Å². The molecule has 0 aromatic carbocycles. The molecule has 0 saturated heterocycles. The average molecular weight is 354 g/mol. The van der Waals surface area contributed by atoms with Crippen LogP contribution in [0.25, 0.3) is 0 Å². The summed E-state index contributed by atoms with van der Waals surface area (Å²) < 4.78 is 5.48. The molecule has 3 nitrogen and oxygen atoms in total. The van der Waals surface area contributed by atoms with Gasteiger partial charge in [-0.3, -0.25) is 9.59 Å². The predicted octanol–water partition coefficient (Wildman–Crippen LogP) is 3.57. The summed E-state index contributed by atoms with van der Waals surface area (Å²) in [6, 6.07) is 0. The van der Waals surface area contributed by atoms with Crippen LogP contribution in [0, 0.1) is 75.9 Å². The van der Waals surface area contributed by atoms with Crippen molar-refractivity contribution in [2.24, 2.45) is 75.9 Å². The number of hydrogen-bond donors (Lipinski definition) is 0. The van der Waals surface area contributed by atoms with Crippen molar-refractivity contribution < 1.29 is 14.3 Å². The Labute approximate surface area is 155 Å². The zero-order valence-corrected chi connectivity index (χ0v) is 16.1. The van der Waals surface area contributed by atoms with Crippen molar-refractivity contribution in [3.05, 3.63) is 0 Å². The van der Waals surface area contributed by atoms with E-state index in [0.29, 0.717) is 70.9 Å². The predicted molar refractivity (Wildman–Crippen MR) is 94.7 cm³/mol. The van der Waals surface area contributed by atoms with Crippen LogP contribution < -0.4 is 0 Å². The molecule has 0 bridgehead atoms. The fourth-order valence-electron chi connectivity index (χ4n) is 11.7. The maximum Gasteiger partial charge on any atom is 0.312 e. The summed E-state index contributed by atoms with van der Waals surface area (Å²) in [4.78, 5) is 26.9. The number of Topliss-reactive ketones (excluding diaryl/α,β-unsaturated/α-hetero) is 1. The number of hydrogen-bond acceptors (Lipinski definition) is 3. The average Bonchev–Trinajstić information content (AvgIpc) is 3.38. The SMILES string of the molecule is COC(=O)[C@@]1(C)C2C3CCCC3C3C2C2C4C5C(CCC5C21)C(=O)C34C. The minimum Gasteiger partial charge on any atom is -0.469 e. The largest absolute Gasteiger partial charge is 0.469 e. The minimum absolute atomic E-state index is 0.0580. The number of carbonyl (C=O) groups is 2. The zero-order chi connectivity index (χ0) is 17.7. The molecule has 26 heavy (non-hydrogen) atoms. The maximum absolute atomic E-state index is 13.7. The molecule has 7 rings (SSSR count). The smallest absolute Gasteiger partial charge is 0.312 e. The third kappa shape index (κ3) is 1.13. The summed E-state index contributed by atoms with van der Waals surface area (Å²) in [5, 5.41) is 0. The molecule has 0 aromatic rings. The van der Waals surface area contributed by atoms with E-state index in [4.69, 9.17) is 4.74 Å². The molecule has 0 amide bonds. The van der Waals surface area contributed by atoms with Gasteiger partial charge in [0.15, 0.2) is 0 Å². The third-order valence-corrected chi connectivity index (χ3v) is 11.6. The summed E-state index contributed by atoms with van der Waals surface area (Å²) in [6.07, 6.45) is 6.15. The maximum atomic E-state index is 13.7. The summed E-state index contributed by atoms with van der Waals surface area (Å²) >= 11 is 0. The van der Waals surface area contributed by atoms with Gasteiger partial charge < -0.3 is 4.74 Å². The highest BCUT2D eigenvalue weighted by molar-refractivity contribution is 5.92. The number of methoxy groups -OCH3 is 1. The van der Waals surface area contributed by atoms with Crippen LogP contribution in [0.3, 0.4) is 0 Å². The molecule has 0 radical (unpaired) electrons. The summed E-state index contributed by atoms with van der Waals surface area (Å²) in [5.74, 6) is 7.02. The van der Waals surface area contributed by atoms with E-state index < -0.39 is 0 Å². The molecule has 13 atom stereocenters. The highest BCUT2D eigenvalue weighted by atomic mass is 16.5. The van der Waals surface area contributed by atoms with E-state index in [0.717, 1.165) is 6.42 Å². The van der Waals surface area contributed by atoms with Gasteiger partial charge in [0.1, 0.15) is 5.78 Å². The van der Waals surface area contributed by atoms with E-state index in [1.165, 1.54) is 25.7 Å². The first-order chi connectivity index (χ1) is 12.5. The molecule has 0 aromatic heterocycles. The second-order valence-electron chi connectivity index (χ2n) is 11.4. The Kier molecular flexibility index (Phi) is 2.38. The molecule has 140 valence electrons. The Balaban J connectivity index is 1.51. The van der Waals surface area contributed by atoms with Crippen molar-refractivity contribution in [1.29, 1.82) is 0 Å². The minimum atomic E-state index is -0.291. The number of fused-ring (bicyclic) bond motifs is 5. The summed E-state index contributed by atoms with van der Waals surface area (Å²) in [6.45, 7) is 4.67. The van der Waals surface area contributed by atoms with Gasteiger partial charge in [0.05, 0.1) is 12.5 Å². The highest BCUT2D eigenvalue weighted by Gasteiger charge is 2.87. The molecular formula is C23H30O3. The number of carbonyl (C=O) groups excluding carboxylic acids is 2. The van der Waals surface area contributed by atoms with Crippen LogP contribution >= 0.6 is 0 Å². The highest BCUT2D eigenvalue weighted by Crippen LogP contribution is 2.87. The van der Waals surface area contributed by atoms with Crippen LogP contribution in [0.4, 0.5) is 0 Å². The Hall–Kier alpha value is -0.860. The first kappa shape index (κ1) is 15.1. The molecular weight excluding hydrogens is 324 g/mol. The van der Waals surface area contributed by atoms with Crippen molar-refractivity contribution in [1.82, 2.24) is 0 Å². The molecule has 3 heteroatoms. The zero-order valence-electron chi connectivity index (χ0n) is 16.1. The normalized spacial score (nSPS) is 68.0. The second-order valence-corrected chi connectivity index (χ2v) is 11.4. The van der Waals surface area contributed by atoms with Crippen LogP contribution in [0.5, 0.6) is 0 Å². The Morgan fingerprint density at radius 1 is 0.885 bits per heavy atom. The lowest BCUT2D eigenvalue weighted by molar-refractivity contribution is -0.160. The molecule has 12 unspecified atom stereocenters. The van der Waals surface area contributed by atoms with Gasteiger partial charge >= 0.3 is 5.97 Å². The topological polar surface area (TPSA) is 43.4 Å². The molecule has 7 aliphatic carbocycles. The van der Waals surface area contributed by atoms with Crippen LogP contribution in [0.2, 0.25) is 0 Å². The van der Waals surface area contributed by atoms with Crippen LogP contribution in [0.1, 0.15) is 46.0 Å². The molecule has 0 spiro atoms. The number of esters is 1. The number of ketones is 1. The lowest BCUT2D eigenvalue weighted by Crippen LogP contribution is -2.44. The van der Waals surface area contributed by atoms with Crippen LogP contribution in [-0.4, -0.2) is 18.9 Å². The summed E-state index contributed by atoms with van der Waals surface area (Å²) in [7, 11) is 1.60. The van der Waals surface area contributed by atoms with Gasteiger partial charge in [-0.2, -0.15) is 0 Å². The van der Waals surface area contributed by atoms with Crippen molar-refractivity contribution in [2.75, 3.05) is 7.11 Å². The van der Waals surface area contributed by atoms with E-state index in [9.17, 15) is 9.59 Å². The number of rotatable bonds is 1. The lowest BCUT2D eigenvalue weighted by atomic mass is 9.64. The van der Waals surface area contributed by atoms with E-state index in [2.05, 4.69) is 13.8 Å². The van der Waals surface area contributed by atoms with Crippen molar-refractivity contribution >= 4 is 11.8 Å². The Morgan fingerprint density at radius 2 is 1.54 bits per heavy atom. The Morgan fingerprint density at radius 3 is 2.27 bits per heavy atom. The van der Waals surface area contributed by atoms with E-state index in [1.54, 1.807) is 7.11 Å². The second kappa shape index (κ2) is 4.10. The Bertz CT molecular complexity index is 751. The fraction of sp³-hybridized carbons (Fsp3) is 0.913. The monoisotopic (exact) mass is 354 g/mol. The van der Waals surface area contributed by atoms with Gasteiger partial charge in [-0.25, -0.2) is 0 Å². The molecule has 0 heterocycles. The molecule has 7 fully saturated rings. The lowest BCUT2D eigenvalue weighted by Gasteiger charge is -2.39. The standard InChI is InChI=1S/C23H30O3/c1-22-16-9-5-4-6-10(9)17-14(16)15-18(23(17,2)21(25)26-3)11-7-8-12(20(22)24)13(11)19(15)22/h9-19H,4-8H2,1-3H3/t9?,10?,11?,12?,13?,14?,15?,16?,17?,18?,19?,22?,23-/m0/s1. The van der Waals surface area contributed by atoms with Gasteiger partial charge in [-0.15, -0.1) is 0 Å². The van der Waals surface area contributed by atoms with Gasteiger partial charge in [0.25, 0.3) is 0 Å². The van der Waals surface area contributed by atoms with Crippen LogP contribution in [0.15, 0.2) is 0 Å². The van der Waals surface area contributed by atoms with Gasteiger partial charge in [-0.1, -0.05) is 13.3 Å². The molecule has 7 aliphatic rings. The molecule has 7 saturated carbocycles. The van der Waals surface area contributed by atoms with Crippen molar-refractivity contribution in [3.8, 4) is 0 Å². The van der Waals surface area contributed by atoms with Gasteiger partial charge in [0.2, 0.25) is 0 Å². The quantitative estimate of drug-likeness (QED) is 0.676.